The van der Waals surface area contributed by atoms with Gasteiger partial charge in [0.1, 0.15) is 17.9 Å². The van der Waals surface area contributed by atoms with Crippen LogP contribution < -0.4 is 10.1 Å². The number of aliphatic hydroxyl groups excluding tert-OH is 1. The monoisotopic (exact) mass is 253 g/mol. The highest BCUT2D eigenvalue weighted by Gasteiger charge is 2.33. The molecule has 0 amide bonds. The van der Waals surface area contributed by atoms with Gasteiger partial charge in [0, 0.05) is 0 Å². The first-order valence-electron chi connectivity index (χ1n) is 5.65. The summed E-state index contributed by atoms with van der Waals surface area (Å²) < 4.78 is 10.3. The molecule has 0 saturated heterocycles. The molecule has 0 aromatic heterocycles. The lowest BCUT2D eigenvalue weighted by Gasteiger charge is -2.25. The molecular formula is C13H19NO4. The Morgan fingerprint density at radius 1 is 1.39 bits per heavy atom. The molecule has 0 aliphatic heterocycles. The van der Waals surface area contributed by atoms with Crippen molar-refractivity contribution in [3.8, 4) is 5.75 Å². The maximum atomic E-state index is 11.6. The standard InChI is InChI=1S/C13H19NO4/c1-13(14-2,12(16)17-3)9-18-11-6-4-10(8-15)5-7-11/h4-7,14-15H,8-9H2,1-3H3. The number of rotatable bonds is 6. The summed E-state index contributed by atoms with van der Waals surface area (Å²) >= 11 is 0. The van der Waals surface area contributed by atoms with Crippen molar-refractivity contribution < 1.29 is 19.4 Å². The zero-order valence-electron chi connectivity index (χ0n) is 10.9. The highest BCUT2D eigenvalue weighted by atomic mass is 16.5. The summed E-state index contributed by atoms with van der Waals surface area (Å²) in [5, 5.41) is 11.8. The predicted octanol–water partition coefficient (Wildman–Crippen LogP) is 0.709. The Labute approximate surface area is 107 Å². The van der Waals surface area contributed by atoms with E-state index in [0.717, 1.165) is 5.56 Å². The van der Waals surface area contributed by atoms with Crippen LogP contribution in [0.1, 0.15) is 12.5 Å². The molecule has 0 heterocycles. The fourth-order valence-corrected chi connectivity index (χ4v) is 1.38. The minimum atomic E-state index is -0.885. The van der Waals surface area contributed by atoms with Crippen molar-refractivity contribution in [2.75, 3.05) is 20.8 Å². The second-order valence-electron chi connectivity index (χ2n) is 4.16. The Morgan fingerprint density at radius 3 is 2.44 bits per heavy atom. The number of carbonyl (C=O) groups excluding carboxylic acids is 1. The molecule has 1 unspecified atom stereocenters. The molecule has 0 spiro atoms. The minimum Gasteiger partial charge on any atom is -0.491 e. The Bertz CT molecular complexity index is 390. The third-order valence-electron chi connectivity index (χ3n) is 2.82. The molecule has 2 N–H and O–H groups in total. The van der Waals surface area contributed by atoms with E-state index in [1.165, 1.54) is 7.11 Å². The van der Waals surface area contributed by atoms with Crippen LogP contribution in [0.25, 0.3) is 0 Å². The summed E-state index contributed by atoms with van der Waals surface area (Å²) in [5.41, 5.74) is -0.0728. The van der Waals surface area contributed by atoms with Gasteiger partial charge in [-0.2, -0.15) is 0 Å². The molecule has 0 saturated carbocycles. The number of ether oxygens (including phenoxy) is 2. The van der Waals surface area contributed by atoms with Crippen LogP contribution in [0.15, 0.2) is 24.3 Å². The molecule has 5 nitrogen and oxygen atoms in total. The Hall–Kier alpha value is -1.59. The predicted molar refractivity (Wildman–Crippen MR) is 67.3 cm³/mol. The molecule has 0 aliphatic carbocycles. The van der Waals surface area contributed by atoms with E-state index in [-0.39, 0.29) is 19.2 Å². The summed E-state index contributed by atoms with van der Waals surface area (Å²) in [7, 11) is 3.02. The zero-order chi connectivity index (χ0) is 13.6. The number of carbonyl (C=O) groups is 1. The Balaban J connectivity index is 2.64. The number of benzene rings is 1. The molecule has 0 bridgehead atoms. The quantitative estimate of drug-likeness (QED) is 0.731. The Morgan fingerprint density at radius 2 is 2.00 bits per heavy atom. The van der Waals surface area contributed by atoms with E-state index in [0.29, 0.717) is 5.75 Å². The van der Waals surface area contributed by atoms with Crippen LogP contribution in [0.4, 0.5) is 0 Å². The third-order valence-corrected chi connectivity index (χ3v) is 2.82. The van der Waals surface area contributed by atoms with Crippen molar-refractivity contribution in [3.05, 3.63) is 29.8 Å². The summed E-state index contributed by atoms with van der Waals surface area (Å²) in [6.45, 7) is 1.87. The van der Waals surface area contributed by atoms with Crippen LogP contribution in [0.2, 0.25) is 0 Å². The topological polar surface area (TPSA) is 67.8 Å². The second-order valence-corrected chi connectivity index (χ2v) is 4.16. The average molecular weight is 253 g/mol. The van der Waals surface area contributed by atoms with Gasteiger partial charge in [-0.1, -0.05) is 12.1 Å². The lowest BCUT2D eigenvalue weighted by Crippen LogP contribution is -2.52. The second kappa shape index (κ2) is 6.37. The van der Waals surface area contributed by atoms with Crippen molar-refractivity contribution in [3.63, 3.8) is 0 Å². The summed E-state index contributed by atoms with van der Waals surface area (Å²) in [5.74, 6) is 0.259. The first-order chi connectivity index (χ1) is 8.55. The summed E-state index contributed by atoms with van der Waals surface area (Å²) in [4.78, 5) is 11.6. The highest BCUT2D eigenvalue weighted by Crippen LogP contribution is 2.15. The SMILES string of the molecule is CNC(C)(COc1ccc(CO)cc1)C(=O)OC. The van der Waals surface area contributed by atoms with Gasteiger partial charge in [0.15, 0.2) is 0 Å². The third kappa shape index (κ3) is 3.45. The fourth-order valence-electron chi connectivity index (χ4n) is 1.38. The van der Waals surface area contributed by atoms with Gasteiger partial charge >= 0.3 is 5.97 Å². The van der Waals surface area contributed by atoms with Gasteiger partial charge in [0.25, 0.3) is 0 Å². The average Bonchev–Trinajstić information content (AvgIpc) is 2.44. The van der Waals surface area contributed by atoms with E-state index in [2.05, 4.69) is 5.32 Å². The Kier molecular flexibility index (Phi) is 5.12. The number of nitrogens with one attached hydrogen (secondary N) is 1. The molecule has 100 valence electrons. The number of methoxy groups -OCH3 is 1. The van der Waals surface area contributed by atoms with E-state index in [9.17, 15) is 4.79 Å². The maximum absolute atomic E-state index is 11.6. The minimum absolute atomic E-state index is 0.00330. The first-order valence-corrected chi connectivity index (χ1v) is 5.65. The van der Waals surface area contributed by atoms with Gasteiger partial charge in [-0.15, -0.1) is 0 Å². The van der Waals surface area contributed by atoms with E-state index in [4.69, 9.17) is 14.6 Å². The van der Waals surface area contributed by atoms with Crippen molar-refractivity contribution in [1.82, 2.24) is 5.32 Å². The van der Waals surface area contributed by atoms with E-state index in [1.807, 2.05) is 0 Å². The number of aliphatic hydroxyl groups is 1. The smallest absolute Gasteiger partial charge is 0.329 e. The van der Waals surface area contributed by atoms with Gasteiger partial charge in [-0.05, 0) is 31.7 Å². The summed E-state index contributed by atoms with van der Waals surface area (Å²) in [6.07, 6.45) is 0. The van der Waals surface area contributed by atoms with Crippen LogP contribution in [0.5, 0.6) is 5.75 Å². The largest absolute Gasteiger partial charge is 0.491 e. The molecule has 1 aromatic carbocycles. The number of likely N-dealkylation sites (N-methyl/N-ethyl adjacent to an activating group) is 1. The zero-order valence-corrected chi connectivity index (χ0v) is 10.9. The van der Waals surface area contributed by atoms with E-state index >= 15 is 0 Å². The first kappa shape index (κ1) is 14.5. The number of hydrogen-bond acceptors (Lipinski definition) is 5. The van der Waals surface area contributed by atoms with E-state index < -0.39 is 5.54 Å². The molecule has 1 atom stereocenters. The lowest BCUT2D eigenvalue weighted by atomic mass is 10.1. The van der Waals surface area contributed by atoms with E-state index in [1.54, 1.807) is 38.2 Å². The highest BCUT2D eigenvalue weighted by molar-refractivity contribution is 5.80. The number of hydrogen-bond donors (Lipinski definition) is 2. The van der Waals surface area contributed by atoms with Crippen LogP contribution in [0.3, 0.4) is 0 Å². The molecule has 1 rings (SSSR count). The normalized spacial score (nSPS) is 13.8. The van der Waals surface area contributed by atoms with Crippen LogP contribution >= 0.6 is 0 Å². The van der Waals surface area contributed by atoms with Crippen LogP contribution in [-0.2, 0) is 16.1 Å². The van der Waals surface area contributed by atoms with Gasteiger partial charge in [-0.3, -0.25) is 0 Å². The molecule has 18 heavy (non-hydrogen) atoms. The molecule has 0 aliphatic rings. The van der Waals surface area contributed by atoms with Crippen LogP contribution in [-0.4, -0.2) is 37.4 Å². The number of esters is 1. The van der Waals surface area contributed by atoms with Crippen molar-refractivity contribution in [2.24, 2.45) is 0 Å². The maximum Gasteiger partial charge on any atom is 0.329 e. The molecule has 0 radical (unpaired) electrons. The molecule has 0 fully saturated rings. The van der Waals surface area contributed by atoms with Gasteiger partial charge in [0.05, 0.1) is 13.7 Å². The van der Waals surface area contributed by atoms with Crippen molar-refractivity contribution >= 4 is 5.97 Å². The molecule has 1 aromatic rings. The molecule has 5 heteroatoms. The van der Waals surface area contributed by atoms with Crippen molar-refractivity contribution in [2.45, 2.75) is 19.1 Å². The van der Waals surface area contributed by atoms with Gasteiger partial charge in [-0.25, -0.2) is 4.79 Å². The summed E-state index contributed by atoms with van der Waals surface area (Å²) in [6, 6.07) is 7.03. The molecular weight excluding hydrogens is 234 g/mol. The van der Waals surface area contributed by atoms with Crippen LogP contribution in [0, 0.1) is 0 Å². The van der Waals surface area contributed by atoms with Crippen molar-refractivity contribution in [1.29, 1.82) is 0 Å². The van der Waals surface area contributed by atoms with Gasteiger partial charge in [0.2, 0.25) is 0 Å². The lowest BCUT2D eigenvalue weighted by molar-refractivity contribution is -0.148. The fraction of sp³-hybridized carbons (Fsp3) is 0.462. The van der Waals surface area contributed by atoms with Gasteiger partial charge < -0.3 is 19.9 Å².